The first-order valence-corrected chi connectivity index (χ1v) is 11.6. The largest absolute Gasteiger partial charge is 2.00 e. The molecule has 1 unspecified atom stereocenters. The summed E-state index contributed by atoms with van der Waals surface area (Å²) in [6.45, 7) is 2.27. The molecule has 6 aliphatic carbocycles. The molecule has 4 bridgehead atoms. The number of hydrogen-bond donors (Lipinski definition) is 0. The summed E-state index contributed by atoms with van der Waals surface area (Å²) >= 11 is 0. The van der Waals surface area contributed by atoms with Gasteiger partial charge in [0.15, 0.2) is 0 Å². The summed E-state index contributed by atoms with van der Waals surface area (Å²) in [5.41, 5.74) is 7.78. The summed E-state index contributed by atoms with van der Waals surface area (Å²) in [5, 5.41) is 0. The molecule has 2 aromatic rings. The first-order chi connectivity index (χ1) is 14.2. The molecular weight excluding hydrogens is 440 g/mol. The minimum Gasteiger partial charge on any atom is -0.270 e. The molecule has 4 fully saturated rings. The quantitative estimate of drug-likeness (QED) is 0.331. The van der Waals surface area contributed by atoms with Crippen molar-refractivity contribution in [2.24, 2.45) is 29.1 Å². The Labute approximate surface area is 201 Å². The Morgan fingerprint density at radius 2 is 1.53 bits per heavy atom. The molecule has 8 rings (SSSR count). The maximum atomic E-state index is 3.48. The smallest absolute Gasteiger partial charge is 0.270 e. The number of fused-ring (bicyclic) bond motifs is 3. The summed E-state index contributed by atoms with van der Waals surface area (Å²) < 4.78 is 0. The molecule has 0 nitrogen and oxygen atoms in total. The fraction of sp³-hybridized carbons (Fsp3) is 0.448. The van der Waals surface area contributed by atoms with Gasteiger partial charge in [-0.3, -0.25) is 6.08 Å². The fourth-order valence-electron chi connectivity index (χ4n) is 7.38. The van der Waals surface area contributed by atoms with Crippen molar-refractivity contribution >= 4 is 0 Å². The van der Waals surface area contributed by atoms with E-state index in [1.165, 1.54) is 41.5 Å². The van der Waals surface area contributed by atoms with E-state index in [-0.39, 0.29) is 26.2 Å². The van der Waals surface area contributed by atoms with Gasteiger partial charge in [0.2, 0.25) is 0 Å². The van der Waals surface area contributed by atoms with Crippen molar-refractivity contribution in [2.45, 2.75) is 51.9 Å². The topological polar surface area (TPSA) is 0 Å². The number of allylic oxidation sites excluding steroid dienone is 4. The van der Waals surface area contributed by atoms with Crippen LogP contribution in [-0.2, 0) is 32.6 Å². The van der Waals surface area contributed by atoms with Crippen LogP contribution >= 0.6 is 0 Å². The van der Waals surface area contributed by atoms with E-state index in [4.69, 9.17) is 0 Å². The molecule has 0 radical (unpaired) electrons. The van der Waals surface area contributed by atoms with Crippen LogP contribution in [-0.4, -0.2) is 0 Å². The van der Waals surface area contributed by atoms with Crippen LogP contribution in [0, 0.1) is 41.2 Å². The van der Waals surface area contributed by atoms with E-state index in [0.29, 0.717) is 11.3 Å². The predicted molar refractivity (Wildman–Crippen MR) is 119 cm³/mol. The SMILES string of the molecule is CC1[C-]=CC(C23CC4CC(CC(C4)C2)C3)=C1.[Zr+2].[c-]1cccc2c1Cc1ccccc1-2. The Balaban J connectivity index is 0.000000127. The van der Waals surface area contributed by atoms with Crippen LogP contribution < -0.4 is 0 Å². The Hall–Kier alpha value is -1.20. The summed E-state index contributed by atoms with van der Waals surface area (Å²) in [7, 11) is 0. The van der Waals surface area contributed by atoms with Crippen LogP contribution in [0.3, 0.4) is 0 Å². The van der Waals surface area contributed by atoms with E-state index in [0.717, 1.165) is 24.2 Å². The van der Waals surface area contributed by atoms with Gasteiger partial charge in [0.05, 0.1) is 0 Å². The molecular formula is C29H30Zr. The average molecular weight is 470 g/mol. The number of hydrogen-bond acceptors (Lipinski definition) is 0. The number of rotatable bonds is 1. The molecule has 2 aromatic carbocycles. The van der Waals surface area contributed by atoms with E-state index < -0.39 is 0 Å². The van der Waals surface area contributed by atoms with E-state index in [1.54, 1.807) is 24.8 Å². The Morgan fingerprint density at radius 3 is 2.20 bits per heavy atom. The van der Waals surface area contributed by atoms with Crippen molar-refractivity contribution in [3.8, 4) is 11.1 Å². The third kappa shape index (κ3) is 3.56. The summed E-state index contributed by atoms with van der Waals surface area (Å²) in [6.07, 6.45) is 18.5. The van der Waals surface area contributed by atoms with Crippen molar-refractivity contribution in [3.63, 3.8) is 0 Å². The third-order valence-electron chi connectivity index (χ3n) is 8.20. The molecule has 0 saturated heterocycles. The first-order valence-electron chi connectivity index (χ1n) is 11.6. The van der Waals surface area contributed by atoms with Gasteiger partial charge in [-0.25, -0.2) is 6.08 Å². The van der Waals surface area contributed by atoms with Gasteiger partial charge >= 0.3 is 26.2 Å². The third-order valence-corrected chi connectivity index (χ3v) is 8.20. The molecule has 1 heteroatoms. The molecule has 0 aromatic heterocycles. The van der Waals surface area contributed by atoms with Crippen molar-refractivity contribution in [3.05, 3.63) is 83.5 Å². The van der Waals surface area contributed by atoms with Crippen LogP contribution in [0.5, 0.6) is 0 Å². The van der Waals surface area contributed by atoms with Gasteiger partial charge in [0.1, 0.15) is 0 Å². The van der Waals surface area contributed by atoms with Gasteiger partial charge in [-0.2, -0.15) is 41.5 Å². The van der Waals surface area contributed by atoms with E-state index in [2.05, 4.69) is 67.6 Å². The van der Waals surface area contributed by atoms with E-state index in [1.807, 2.05) is 6.07 Å². The zero-order valence-corrected chi connectivity index (χ0v) is 20.4. The van der Waals surface area contributed by atoms with Crippen molar-refractivity contribution in [1.29, 1.82) is 0 Å². The van der Waals surface area contributed by atoms with Crippen LogP contribution in [0.25, 0.3) is 11.1 Å². The summed E-state index contributed by atoms with van der Waals surface area (Å²) in [6, 6.07) is 18.1. The van der Waals surface area contributed by atoms with E-state index >= 15 is 0 Å². The van der Waals surface area contributed by atoms with Crippen molar-refractivity contribution in [2.75, 3.05) is 0 Å². The maximum Gasteiger partial charge on any atom is 2.00 e. The van der Waals surface area contributed by atoms with Crippen LogP contribution in [0.15, 0.2) is 60.2 Å². The van der Waals surface area contributed by atoms with Gasteiger partial charge in [-0.1, -0.05) is 72.9 Å². The first kappa shape index (κ1) is 20.7. The molecule has 4 saturated carbocycles. The molecule has 1 atom stereocenters. The van der Waals surface area contributed by atoms with Gasteiger partial charge in [0, 0.05) is 0 Å². The predicted octanol–water partition coefficient (Wildman–Crippen LogP) is 7.19. The maximum absolute atomic E-state index is 3.48. The zero-order chi connectivity index (χ0) is 19.4. The van der Waals surface area contributed by atoms with Gasteiger partial charge in [-0.05, 0) is 43.4 Å². The molecule has 0 aliphatic heterocycles. The molecule has 0 amide bonds. The van der Waals surface area contributed by atoms with Crippen LogP contribution in [0.2, 0.25) is 0 Å². The molecule has 6 aliphatic rings. The van der Waals surface area contributed by atoms with Crippen LogP contribution in [0.4, 0.5) is 0 Å². The Bertz CT molecular complexity index is 916. The minimum absolute atomic E-state index is 0. The standard InChI is InChI=1S/C16H21.C13H9.Zr/c1-11-2-3-15(4-11)16-8-12-5-13(9-16)7-14(6-12)10-16;1-3-7-12-10(5-1)9-11-6-2-4-8-13(11)12;/h3-4,11-14H,5-10H2,1H3;1-5,7-8H,9H2;/q2*-1;+2. The molecule has 0 N–H and O–H groups in total. The fourth-order valence-corrected chi connectivity index (χ4v) is 7.38. The van der Waals surface area contributed by atoms with Gasteiger partial charge in [0.25, 0.3) is 0 Å². The zero-order valence-electron chi connectivity index (χ0n) is 18.0. The average Bonchev–Trinajstić information content (AvgIpc) is 3.31. The summed E-state index contributed by atoms with van der Waals surface area (Å²) in [5.74, 6) is 3.77. The molecule has 150 valence electrons. The van der Waals surface area contributed by atoms with Gasteiger partial charge in [-0.15, -0.1) is 5.56 Å². The molecule has 0 heterocycles. The van der Waals surface area contributed by atoms with Gasteiger partial charge < -0.3 is 0 Å². The minimum atomic E-state index is 0. The van der Waals surface area contributed by atoms with Crippen molar-refractivity contribution < 1.29 is 26.2 Å². The summed E-state index contributed by atoms with van der Waals surface area (Å²) in [4.78, 5) is 0. The Kier molecular flexibility index (Phi) is 5.55. The Morgan fingerprint density at radius 1 is 0.867 bits per heavy atom. The second kappa shape index (κ2) is 8.05. The van der Waals surface area contributed by atoms with Crippen molar-refractivity contribution in [1.82, 2.24) is 0 Å². The van der Waals surface area contributed by atoms with E-state index in [9.17, 15) is 0 Å². The molecule has 0 spiro atoms. The number of benzene rings is 2. The normalized spacial score (nSPS) is 33.8. The monoisotopic (exact) mass is 468 g/mol. The second-order valence-electron chi connectivity index (χ2n) is 10.3. The second-order valence-corrected chi connectivity index (χ2v) is 10.3. The molecule has 30 heavy (non-hydrogen) atoms. The van der Waals surface area contributed by atoms with Crippen LogP contribution in [0.1, 0.15) is 56.6 Å².